The number of ether oxygens (including phenoxy) is 1. The third-order valence-electron chi connectivity index (χ3n) is 4.66. The van der Waals surface area contributed by atoms with Gasteiger partial charge in [0, 0.05) is 18.1 Å². The van der Waals surface area contributed by atoms with E-state index in [1.54, 1.807) is 12.3 Å². The Morgan fingerprint density at radius 3 is 2.92 bits per heavy atom. The number of aromatic nitrogens is 1. The second kappa shape index (κ2) is 7.23. The zero-order valence-corrected chi connectivity index (χ0v) is 13.6. The number of rotatable bonds is 4. The Balaban J connectivity index is 1.68. The summed E-state index contributed by atoms with van der Waals surface area (Å²) in [6.45, 7) is 2.08. The van der Waals surface area contributed by atoms with E-state index in [1.165, 1.54) is 19.2 Å². The minimum absolute atomic E-state index is 0.0870. The van der Waals surface area contributed by atoms with Crippen molar-refractivity contribution in [2.75, 3.05) is 20.2 Å². The van der Waals surface area contributed by atoms with Crippen LogP contribution in [0, 0.1) is 11.7 Å². The molecule has 24 heavy (non-hydrogen) atoms. The number of hydrogen-bond donors (Lipinski definition) is 1. The molecule has 0 spiro atoms. The van der Waals surface area contributed by atoms with Crippen LogP contribution in [0.5, 0.6) is 0 Å². The Kier molecular flexibility index (Phi) is 5.06. The molecule has 1 saturated heterocycles. The highest BCUT2D eigenvalue weighted by molar-refractivity contribution is 5.81. The highest BCUT2D eigenvalue weighted by atomic mass is 19.1. The maximum Gasteiger partial charge on any atom is 0.334 e. The summed E-state index contributed by atoms with van der Waals surface area (Å²) in [7, 11) is 1.28. The zero-order valence-electron chi connectivity index (χ0n) is 13.6. The Hall–Kier alpha value is -2.05. The van der Waals surface area contributed by atoms with Crippen molar-refractivity contribution in [3.05, 3.63) is 41.8 Å². The Morgan fingerprint density at radius 2 is 2.21 bits per heavy atom. The molecule has 1 aromatic carbocycles. The minimum atomic E-state index is -1.06. The van der Waals surface area contributed by atoms with Crippen LogP contribution in [-0.2, 0) is 16.1 Å². The number of halogens is 1. The predicted molar refractivity (Wildman–Crippen MR) is 87.7 cm³/mol. The predicted octanol–water partition coefficient (Wildman–Crippen LogP) is 2.12. The standard InChI is InChI=1S/C18H21FN2O3/c1-24-18(23)17(22)12-4-7-21(8-5-12)11-14-10-15(19)9-13-3-2-6-20-16(13)14/h2-3,6,9-10,12,17,22H,4-5,7-8,11H2,1H3. The summed E-state index contributed by atoms with van der Waals surface area (Å²) in [5.41, 5.74) is 1.67. The number of benzene rings is 1. The Morgan fingerprint density at radius 1 is 1.46 bits per heavy atom. The molecule has 1 unspecified atom stereocenters. The van der Waals surface area contributed by atoms with Crippen molar-refractivity contribution in [1.82, 2.24) is 9.88 Å². The van der Waals surface area contributed by atoms with Crippen molar-refractivity contribution in [2.24, 2.45) is 5.92 Å². The molecule has 3 rings (SSSR count). The van der Waals surface area contributed by atoms with Crippen LogP contribution in [0.2, 0.25) is 0 Å². The molecule has 1 N–H and O–H groups in total. The molecule has 0 saturated carbocycles. The smallest absolute Gasteiger partial charge is 0.334 e. The average molecular weight is 332 g/mol. The van der Waals surface area contributed by atoms with Gasteiger partial charge in [-0.15, -0.1) is 0 Å². The van der Waals surface area contributed by atoms with E-state index >= 15 is 0 Å². The first-order chi connectivity index (χ1) is 11.6. The second-order valence-electron chi connectivity index (χ2n) is 6.22. The molecule has 0 radical (unpaired) electrons. The number of carbonyl (C=O) groups excluding carboxylic acids is 1. The molecule has 1 aliphatic heterocycles. The first-order valence-corrected chi connectivity index (χ1v) is 8.10. The van der Waals surface area contributed by atoms with Gasteiger partial charge in [0.2, 0.25) is 0 Å². The van der Waals surface area contributed by atoms with Crippen molar-refractivity contribution in [1.29, 1.82) is 0 Å². The monoisotopic (exact) mass is 332 g/mol. The number of carbonyl (C=O) groups is 1. The number of piperidine rings is 1. The molecule has 0 amide bonds. The van der Waals surface area contributed by atoms with Gasteiger partial charge in [0.25, 0.3) is 0 Å². The van der Waals surface area contributed by atoms with E-state index in [1.807, 2.05) is 6.07 Å². The molecule has 0 aliphatic carbocycles. The Bertz CT molecular complexity index is 729. The molecule has 1 aliphatic rings. The van der Waals surface area contributed by atoms with Crippen LogP contribution in [0.1, 0.15) is 18.4 Å². The van der Waals surface area contributed by atoms with E-state index in [-0.39, 0.29) is 11.7 Å². The lowest BCUT2D eigenvalue weighted by molar-refractivity contribution is -0.154. The first-order valence-electron chi connectivity index (χ1n) is 8.10. The molecule has 5 nitrogen and oxygen atoms in total. The highest BCUT2D eigenvalue weighted by Crippen LogP contribution is 2.25. The molecular weight excluding hydrogens is 311 g/mol. The van der Waals surface area contributed by atoms with E-state index in [0.29, 0.717) is 19.4 Å². The maximum atomic E-state index is 13.8. The number of methoxy groups -OCH3 is 1. The number of aliphatic hydroxyl groups is 1. The third kappa shape index (κ3) is 3.55. The summed E-state index contributed by atoms with van der Waals surface area (Å²) in [5, 5.41) is 10.7. The molecule has 1 fully saturated rings. The molecule has 0 bridgehead atoms. The van der Waals surface area contributed by atoms with E-state index in [0.717, 1.165) is 29.6 Å². The van der Waals surface area contributed by atoms with Crippen molar-refractivity contribution in [3.63, 3.8) is 0 Å². The summed E-state index contributed by atoms with van der Waals surface area (Å²) in [4.78, 5) is 18.0. The summed E-state index contributed by atoms with van der Waals surface area (Å²) < 4.78 is 18.4. The van der Waals surface area contributed by atoms with Gasteiger partial charge in [0.1, 0.15) is 5.82 Å². The van der Waals surface area contributed by atoms with E-state index in [2.05, 4.69) is 14.6 Å². The fraction of sp³-hybridized carbons (Fsp3) is 0.444. The number of esters is 1. The molecule has 2 heterocycles. The van der Waals surface area contributed by atoms with Gasteiger partial charge in [-0.1, -0.05) is 6.07 Å². The molecule has 1 aromatic heterocycles. The lowest BCUT2D eigenvalue weighted by Gasteiger charge is -2.33. The fourth-order valence-electron chi connectivity index (χ4n) is 3.33. The van der Waals surface area contributed by atoms with Crippen LogP contribution in [-0.4, -0.2) is 47.3 Å². The summed E-state index contributed by atoms with van der Waals surface area (Å²) in [5.74, 6) is -0.925. The average Bonchev–Trinajstić information content (AvgIpc) is 2.61. The van der Waals surface area contributed by atoms with Crippen LogP contribution in [0.4, 0.5) is 4.39 Å². The topological polar surface area (TPSA) is 62.7 Å². The summed E-state index contributed by atoms with van der Waals surface area (Å²) in [6, 6.07) is 6.68. The SMILES string of the molecule is COC(=O)C(O)C1CCN(Cc2cc(F)cc3cccnc23)CC1. The molecular formula is C18H21FN2O3. The van der Waals surface area contributed by atoms with Crippen molar-refractivity contribution in [3.8, 4) is 0 Å². The van der Waals surface area contributed by atoms with Crippen LogP contribution < -0.4 is 0 Å². The lowest BCUT2D eigenvalue weighted by atomic mass is 9.91. The number of aliphatic hydroxyl groups excluding tert-OH is 1. The van der Waals surface area contributed by atoms with Crippen molar-refractivity contribution >= 4 is 16.9 Å². The van der Waals surface area contributed by atoms with Gasteiger partial charge in [-0.2, -0.15) is 0 Å². The van der Waals surface area contributed by atoms with Gasteiger partial charge in [-0.05, 0) is 55.6 Å². The van der Waals surface area contributed by atoms with Gasteiger partial charge in [0.15, 0.2) is 6.10 Å². The van der Waals surface area contributed by atoms with Crippen molar-refractivity contribution < 1.29 is 19.0 Å². The van der Waals surface area contributed by atoms with Crippen LogP contribution in [0.3, 0.4) is 0 Å². The molecule has 1 atom stereocenters. The number of likely N-dealkylation sites (tertiary alicyclic amines) is 1. The largest absolute Gasteiger partial charge is 0.467 e. The zero-order chi connectivity index (χ0) is 17.1. The normalized spacial score (nSPS) is 17.8. The number of fused-ring (bicyclic) bond motifs is 1. The van der Waals surface area contributed by atoms with E-state index in [9.17, 15) is 14.3 Å². The molecule has 128 valence electrons. The first kappa shape index (κ1) is 16.8. The molecule has 2 aromatic rings. The number of nitrogens with zero attached hydrogens (tertiary/aromatic N) is 2. The van der Waals surface area contributed by atoms with Gasteiger partial charge in [-0.25, -0.2) is 9.18 Å². The second-order valence-corrected chi connectivity index (χ2v) is 6.22. The van der Waals surface area contributed by atoms with Crippen LogP contribution >= 0.6 is 0 Å². The van der Waals surface area contributed by atoms with Crippen LogP contribution in [0.15, 0.2) is 30.5 Å². The van der Waals surface area contributed by atoms with Crippen LogP contribution in [0.25, 0.3) is 10.9 Å². The highest BCUT2D eigenvalue weighted by Gasteiger charge is 2.30. The number of hydrogen-bond acceptors (Lipinski definition) is 5. The Labute approximate surface area is 140 Å². The lowest BCUT2D eigenvalue weighted by Crippen LogP contribution is -2.40. The van der Waals surface area contributed by atoms with Gasteiger partial charge in [-0.3, -0.25) is 9.88 Å². The van der Waals surface area contributed by atoms with Crippen molar-refractivity contribution in [2.45, 2.75) is 25.5 Å². The third-order valence-corrected chi connectivity index (χ3v) is 4.66. The van der Waals surface area contributed by atoms with E-state index < -0.39 is 12.1 Å². The van der Waals surface area contributed by atoms with Gasteiger partial charge >= 0.3 is 5.97 Å². The van der Waals surface area contributed by atoms with Gasteiger partial charge in [0.05, 0.1) is 12.6 Å². The van der Waals surface area contributed by atoms with Gasteiger partial charge < -0.3 is 9.84 Å². The fourth-order valence-corrected chi connectivity index (χ4v) is 3.33. The molecule has 6 heteroatoms. The summed E-state index contributed by atoms with van der Waals surface area (Å²) >= 11 is 0. The number of pyridine rings is 1. The minimum Gasteiger partial charge on any atom is -0.467 e. The summed E-state index contributed by atoms with van der Waals surface area (Å²) in [6.07, 6.45) is 2.06. The quantitative estimate of drug-likeness (QED) is 0.869. The maximum absolute atomic E-state index is 13.8. The van der Waals surface area contributed by atoms with E-state index in [4.69, 9.17) is 0 Å².